The highest BCUT2D eigenvalue weighted by molar-refractivity contribution is 5.28. The van der Waals surface area contributed by atoms with Crippen molar-refractivity contribution in [3.05, 3.63) is 35.4 Å². The number of hydrogen-bond donors (Lipinski definition) is 1. The van der Waals surface area contributed by atoms with E-state index >= 15 is 0 Å². The first kappa shape index (κ1) is 13.5. The lowest BCUT2D eigenvalue weighted by molar-refractivity contribution is 0.173. The van der Waals surface area contributed by atoms with E-state index in [2.05, 4.69) is 29.2 Å². The number of hydrogen-bond acceptors (Lipinski definition) is 3. The molecule has 0 radical (unpaired) electrons. The molecule has 1 atom stereocenters. The Bertz CT molecular complexity index is 367. The number of fused-ring (bicyclic) bond motifs is 1. The second kappa shape index (κ2) is 6.88. The van der Waals surface area contributed by atoms with Crippen LogP contribution in [0.3, 0.4) is 0 Å². The monoisotopic (exact) mass is 248 g/mol. The van der Waals surface area contributed by atoms with E-state index in [1.54, 1.807) is 7.11 Å². The van der Waals surface area contributed by atoms with Gasteiger partial charge in [-0.15, -0.1) is 0 Å². The van der Waals surface area contributed by atoms with Gasteiger partial charge in [-0.1, -0.05) is 24.3 Å². The summed E-state index contributed by atoms with van der Waals surface area (Å²) in [6.07, 6.45) is 3.36. The number of ether oxygens (including phenoxy) is 1. The Morgan fingerprint density at radius 3 is 2.89 bits per heavy atom. The third kappa shape index (κ3) is 3.80. The van der Waals surface area contributed by atoms with Crippen LogP contribution in [0.5, 0.6) is 0 Å². The van der Waals surface area contributed by atoms with E-state index in [9.17, 15) is 0 Å². The summed E-state index contributed by atoms with van der Waals surface area (Å²) in [5, 5.41) is 0. The van der Waals surface area contributed by atoms with Crippen LogP contribution in [0.25, 0.3) is 0 Å². The summed E-state index contributed by atoms with van der Waals surface area (Å²) in [4.78, 5) is 2.48. The minimum absolute atomic E-state index is 0.218. The molecule has 0 bridgehead atoms. The fourth-order valence-electron chi connectivity index (χ4n) is 2.62. The number of nitrogens with two attached hydrogens (primary N) is 1. The number of methoxy groups -OCH3 is 1. The van der Waals surface area contributed by atoms with Crippen LogP contribution in [-0.4, -0.2) is 37.7 Å². The first-order valence-electron chi connectivity index (χ1n) is 6.83. The van der Waals surface area contributed by atoms with Gasteiger partial charge in [0.05, 0.1) is 0 Å². The van der Waals surface area contributed by atoms with Crippen molar-refractivity contribution in [2.24, 2.45) is 5.73 Å². The van der Waals surface area contributed by atoms with Crippen molar-refractivity contribution in [1.82, 2.24) is 4.90 Å². The minimum atomic E-state index is 0.218. The van der Waals surface area contributed by atoms with Crippen LogP contribution in [0.2, 0.25) is 0 Å². The van der Waals surface area contributed by atoms with Crippen molar-refractivity contribution in [3.63, 3.8) is 0 Å². The molecule has 1 aromatic carbocycles. The molecule has 0 fully saturated rings. The van der Waals surface area contributed by atoms with Gasteiger partial charge in [0.2, 0.25) is 0 Å². The highest BCUT2D eigenvalue weighted by Crippen LogP contribution is 2.18. The average molecular weight is 248 g/mol. The lowest BCUT2D eigenvalue weighted by Crippen LogP contribution is -2.38. The van der Waals surface area contributed by atoms with Crippen LogP contribution in [0.1, 0.15) is 24.0 Å². The van der Waals surface area contributed by atoms with E-state index in [1.165, 1.54) is 24.0 Å². The second-order valence-corrected chi connectivity index (χ2v) is 5.15. The van der Waals surface area contributed by atoms with Crippen molar-refractivity contribution < 1.29 is 4.74 Å². The van der Waals surface area contributed by atoms with Gasteiger partial charge in [-0.2, -0.15) is 0 Å². The first-order chi connectivity index (χ1) is 8.79. The third-order valence-electron chi connectivity index (χ3n) is 3.62. The number of benzene rings is 1. The van der Waals surface area contributed by atoms with Crippen LogP contribution >= 0.6 is 0 Å². The van der Waals surface area contributed by atoms with Gasteiger partial charge in [0.25, 0.3) is 0 Å². The zero-order valence-corrected chi connectivity index (χ0v) is 11.3. The summed E-state index contributed by atoms with van der Waals surface area (Å²) in [5.41, 5.74) is 9.11. The summed E-state index contributed by atoms with van der Waals surface area (Å²) >= 11 is 0. The molecule has 2 rings (SSSR count). The van der Waals surface area contributed by atoms with E-state index in [0.29, 0.717) is 0 Å². The van der Waals surface area contributed by atoms with E-state index in [-0.39, 0.29) is 6.04 Å². The molecule has 1 aromatic rings. The van der Waals surface area contributed by atoms with Crippen molar-refractivity contribution in [2.75, 3.05) is 26.8 Å². The predicted molar refractivity (Wildman–Crippen MR) is 74.5 cm³/mol. The number of rotatable bonds is 5. The molecular weight excluding hydrogens is 224 g/mol. The van der Waals surface area contributed by atoms with Crippen LogP contribution in [0.4, 0.5) is 0 Å². The summed E-state index contributed by atoms with van der Waals surface area (Å²) in [6, 6.07) is 8.99. The maximum absolute atomic E-state index is 6.14. The van der Waals surface area contributed by atoms with Crippen LogP contribution < -0.4 is 5.73 Å². The molecular formula is C15H24N2O. The Labute approximate surface area is 110 Å². The summed E-state index contributed by atoms with van der Waals surface area (Å²) < 4.78 is 5.08. The Morgan fingerprint density at radius 1 is 1.33 bits per heavy atom. The molecule has 0 aromatic heterocycles. The van der Waals surface area contributed by atoms with Gasteiger partial charge in [0.15, 0.2) is 0 Å². The molecule has 3 nitrogen and oxygen atoms in total. The van der Waals surface area contributed by atoms with Gasteiger partial charge in [-0.3, -0.25) is 4.90 Å². The van der Waals surface area contributed by atoms with Gasteiger partial charge in [-0.25, -0.2) is 0 Å². The molecule has 0 saturated heterocycles. The largest absolute Gasteiger partial charge is 0.385 e. The molecule has 0 spiro atoms. The Kier molecular flexibility index (Phi) is 5.17. The molecule has 1 heterocycles. The zero-order valence-electron chi connectivity index (χ0n) is 11.3. The van der Waals surface area contributed by atoms with E-state index in [0.717, 1.165) is 32.7 Å². The second-order valence-electron chi connectivity index (χ2n) is 5.15. The fraction of sp³-hybridized carbons (Fsp3) is 0.600. The Hall–Kier alpha value is -0.900. The first-order valence-corrected chi connectivity index (χ1v) is 6.83. The van der Waals surface area contributed by atoms with Gasteiger partial charge < -0.3 is 10.5 Å². The van der Waals surface area contributed by atoms with Gasteiger partial charge in [0.1, 0.15) is 0 Å². The third-order valence-corrected chi connectivity index (χ3v) is 3.62. The highest BCUT2D eigenvalue weighted by atomic mass is 16.5. The SMILES string of the molecule is COCCC(N)CN1CCCc2ccccc2C1. The molecule has 0 aliphatic carbocycles. The van der Waals surface area contributed by atoms with Crippen molar-refractivity contribution >= 4 is 0 Å². The maximum atomic E-state index is 6.14. The molecule has 3 heteroatoms. The van der Waals surface area contributed by atoms with Crippen molar-refractivity contribution in [3.8, 4) is 0 Å². The zero-order chi connectivity index (χ0) is 12.8. The highest BCUT2D eigenvalue weighted by Gasteiger charge is 2.15. The maximum Gasteiger partial charge on any atom is 0.0477 e. The lowest BCUT2D eigenvalue weighted by Gasteiger charge is -2.24. The molecule has 100 valence electrons. The molecule has 0 saturated carbocycles. The average Bonchev–Trinajstić information content (AvgIpc) is 2.57. The summed E-state index contributed by atoms with van der Waals surface area (Å²) in [5.74, 6) is 0. The van der Waals surface area contributed by atoms with E-state index < -0.39 is 0 Å². The van der Waals surface area contributed by atoms with E-state index in [4.69, 9.17) is 10.5 Å². The van der Waals surface area contributed by atoms with Crippen molar-refractivity contribution in [2.45, 2.75) is 31.8 Å². The molecule has 1 aliphatic heterocycles. The molecule has 18 heavy (non-hydrogen) atoms. The predicted octanol–water partition coefficient (Wildman–Crippen LogP) is 1.80. The molecule has 2 N–H and O–H groups in total. The van der Waals surface area contributed by atoms with Gasteiger partial charge in [-0.05, 0) is 36.9 Å². The Morgan fingerprint density at radius 2 is 2.11 bits per heavy atom. The van der Waals surface area contributed by atoms with E-state index in [1.807, 2.05) is 0 Å². The minimum Gasteiger partial charge on any atom is -0.385 e. The van der Waals surface area contributed by atoms with Gasteiger partial charge in [0, 0.05) is 32.8 Å². The molecule has 1 aliphatic rings. The van der Waals surface area contributed by atoms with Crippen LogP contribution in [0.15, 0.2) is 24.3 Å². The normalized spacial score (nSPS) is 18.1. The fourth-order valence-corrected chi connectivity index (χ4v) is 2.62. The number of nitrogens with zero attached hydrogens (tertiary/aromatic N) is 1. The lowest BCUT2D eigenvalue weighted by atomic mass is 10.0. The quantitative estimate of drug-likeness (QED) is 0.863. The van der Waals surface area contributed by atoms with Crippen LogP contribution in [0, 0.1) is 0 Å². The summed E-state index contributed by atoms with van der Waals surface area (Å²) in [6.45, 7) is 3.91. The standard InChI is InChI=1S/C15H24N2O/c1-18-10-8-15(16)12-17-9-4-7-13-5-2-3-6-14(13)11-17/h2-3,5-6,15H,4,7-12,16H2,1H3. The topological polar surface area (TPSA) is 38.5 Å². The summed E-state index contributed by atoms with van der Waals surface area (Å²) in [7, 11) is 1.73. The molecule has 0 amide bonds. The van der Waals surface area contributed by atoms with Crippen LogP contribution in [-0.2, 0) is 17.7 Å². The Balaban J connectivity index is 1.91. The van der Waals surface area contributed by atoms with Crippen molar-refractivity contribution in [1.29, 1.82) is 0 Å². The van der Waals surface area contributed by atoms with Gasteiger partial charge >= 0.3 is 0 Å². The number of aryl methyl sites for hydroxylation is 1. The smallest absolute Gasteiger partial charge is 0.0477 e. The molecule has 1 unspecified atom stereocenters.